The average Bonchev–Trinajstić information content (AvgIpc) is 2.49. The number of hydrogen-bond acceptors (Lipinski definition) is 2. The first kappa shape index (κ1) is 11.0. The zero-order chi connectivity index (χ0) is 9.84. The van der Waals surface area contributed by atoms with Crippen LogP contribution in [0.25, 0.3) is 0 Å². The summed E-state index contributed by atoms with van der Waals surface area (Å²) in [5.41, 5.74) is 0. The Morgan fingerprint density at radius 1 is 1.38 bits per heavy atom. The molecule has 2 unspecified atom stereocenters. The number of nitrogens with zero attached hydrogens (tertiary/aromatic N) is 1. The van der Waals surface area contributed by atoms with Gasteiger partial charge in [-0.05, 0) is 32.2 Å². The summed E-state index contributed by atoms with van der Waals surface area (Å²) in [6.45, 7) is 5.73. The minimum absolute atomic E-state index is 0.476. The summed E-state index contributed by atoms with van der Waals surface area (Å²) in [5, 5.41) is 0. The Kier molecular flexibility index (Phi) is 4.20. The molecule has 0 aliphatic heterocycles. The molecule has 0 N–H and O–H groups in total. The minimum atomic E-state index is 0.476. The highest BCUT2D eigenvalue weighted by Gasteiger charge is 2.30. The Labute approximate surface area is 82.3 Å². The molecule has 2 heteroatoms. The van der Waals surface area contributed by atoms with Crippen molar-refractivity contribution in [3.63, 3.8) is 0 Å². The number of ether oxygens (including phenoxy) is 1. The lowest BCUT2D eigenvalue weighted by molar-refractivity contribution is 0.0393. The Morgan fingerprint density at radius 2 is 2.08 bits per heavy atom. The highest BCUT2D eigenvalue weighted by atomic mass is 16.5. The molecule has 1 saturated carbocycles. The average molecular weight is 185 g/mol. The molecule has 0 heterocycles. The Morgan fingerprint density at radius 3 is 2.62 bits per heavy atom. The molecule has 0 amide bonds. The van der Waals surface area contributed by atoms with Crippen LogP contribution in [0.3, 0.4) is 0 Å². The van der Waals surface area contributed by atoms with Gasteiger partial charge in [-0.1, -0.05) is 13.8 Å². The Hall–Kier alpha value is -0.0800. The van der Waals surface area contributed by atoms with Gasteiger partial charge in [0, 0.05) is 19.7 Å². The lowest BCUT2D eigenvalue weighted by atomic mass is 10.1. The van der Waals surface area contributed by atoms with Crippen molar-refractivity contribution in [3.05, 3.63) is 0 Å². The molecule has 0 aromatic heterocycles. The van der Waals surface area contributed by atoms with Gasteiger partial charge in [0.1, 0.15) is 0 Å². The van der Waals surface area contributed by atoms with E-state index >= 15 is 0 Å². The highest BCUT2D eigenvalue weighted by Crippen LogP contribution is 2.25. The van der Waals surface area contributed by atoms with E-state index < -0.39 is 0 Å². The maximum Gasteiger partial charge on any atom is 0.0726 e. The molecule has 2 nitrogen and oxygen atoms in total. The van der Waals surface area contributed by atoms with E-state index in [1.807, 2.05) is 7.11 Å². The van der Waals surface area contributed by atoms with Crippen molar-refractivity contribution >= 4 is 0 Å². The highest BCUT2D eigenvalue weighted by molar-refractivity contribution is 4.85. The molecule has 1 aliphatic rings. The summed E-state index contributed by atoms with van der Waals surface area (Å²) in [5.74, 6) is 0.753. The molecule has 0 bridgehead atoms. The van der Waals surface area contributed by atoms with Gasteiger partial charge in [-0.15, -0.1) is 0 Å². The lowest BCUT2D eigenvalue weighted by Gasteiger charge is -2.30. The zero-order valence-corrected chi connectivity index (χ0v) is 9.42. The van der Waals surface area contributed by atoms with Gasteiger partial charge in [-0.25, -0.2) is 0 Å². The molecule has 0 saturated heterocycles. The van der Waals surface area contributed by atoms with Crippen molar-refractivity contribution in [1.29, 1.82) is 0 Å². The van der Waals surface area contributed by atoms with Crippen LogP contribution >= 0.6 is 0 Å². The van der Waals surface area contributed by atoms with Crippen LogP contribution in [0.2, 0.25) is 0 Å². The summed E-state index contributed by atoms with van der Waals surface area (Å²) < 4.78 is 5.48. The monoisotopic (exact) mass is 185 g/mol. The van der Waals surface area contributed by atoms with Gasteiger partial charge < -0.3 is 9.64 Å². The van der Waals surface area contributed by atoms with Gasteiger partial charge in [0.25, 0.3) is 0 Å². The SMILES string of the molecule is COC1CCCC1N(C)CC(C)C. The predicted octanol–water partition coefficient (Wildman–Crippen LogP) is 2.14. The van der Waals surface area contributed by atoms with E-state index in [4.69, 9.17) is 4.74 Å². The summed E-state index contributed by atoms with van der Waals surface area (Å²) in [7, 11) is 4.06. The summed E-state index contributed by atoms with van der Waals surface area (Å²) in [6.07, 6.45) is 4.35. The van der Waals surface area contributed by atoms with Crippen LogP contribution in [0.4, 0.5) is 0 Å². The third-order valence-corrected chi connectivity index (χ3v) is 2.94. The number of likely N-dealkylation sites (N-methyl/N-ethyl adjacent to an activating group) is 1. The van der Waals surface area contributed by atoms with Crippen LogP contribution in [-0.4, -0.2) is 37.7 Å². The van der Waals surface area contributed by atoms with Crippen molar-refractivity contribution < 1.29 is 4.74 Å². The van der Waals surface area contributed by atoms with Gasteiger partial charge in [-0.2, -0.15) is 0 Å². The fourth-order valence-corrected chi connectivity index (χ4v) is 2.40. The van der Waals surface area contributed by atoms with E-state index in [1.165, 1.54) is 25.8 Å². The van der Waals surface area contributed by atoms with Crippen molar-refractivity contribution in [3.8, 4) is 0 Å². The second kappa shape index (κ2) is 4.97. The van der Waals surface area contributed by atoms with E-state index in [-0.39, 0.29) is 0 Å². The molecule has 78 valence electrons. The van der Waals surface area contributed by atoms with Gasteiger partial charge in [0.2, 0.25) is 0 Å². The van der Waals surface area contributed by atoms with Gasteiger partial charge in [0.05, 0.1) is 6.10 Å². The van der Waals surface area contributed by atoms with Crippen LogP contribution in [0.1, 0.15) is 33.1 Å². The van der Waals surface area contributed by atoms with Crippen molar-refractivity contribution in [2.45, 2.75) is 45.3 Å². The van der Waals surface area contributed by atoms with E-state index in [0.717, 1.165) is 5.92 Å². The largest absolute Gasteiger partial charge is 0.380 e. The normalized spacial score (nSPS) is 29.1. The molecule has 1 fully saturated rings. The number of hydrogen-bond donors (Lipinski definition) is 0. The molecule has 1 aliphatic carbocycles. The van der Waals surface area contributed by atoms with Gasteiger partial charge in [0.15, 0.2) is 0 Å². The van der Waals surface area contributed by atoms with E-state index in [1.54, 1.807) is 0 Å². The molecular formula is C11H23NO. The third-order valence-electron chi connectivity index (χ3n) is 2.94. The first-order chi connectivity index (χ1) is 6.15. The molecule has 0 spiro atoms. The molecule has 0 aromatic carbocycles. The Balaban J connectivity index is 2.40. The number of methoxy groups -OCH3 is 1. The maximum absolute atomic E-state index is 5.48. The molecule has 0 aromatic rings. The molecule has 1 rings (SSSR count). The Bertz CT molecular complexity index is 147. The predicted molar refractivity (Wildman–Crippen MR) is 55.9 cm³/mol. The van der Waals surface area contributed by atoms with Crippen molar-refractivity contribution in [1.82, 2.24) is 4.90 Å². The van der Waals surface area contributed by atoms with E-state index in [2.05, 4.69) is 25.8 Å². The van der Waals surface area contributed by atoms with Crippen LogP contribution in [0.15, 0.2) is 0 Å². The molecule has 13 heavy (non-hydrogen) atoms. The lowest BCUT2D eigenvalue weighted by Crippen LogP contribution is -2.40. The summed E-state index contributed by atoms with van der Waals surface area (Å²) in [4.78, 5) is 2.46. The topological polar surface area (TPSA) is 12.5 Å². The first-order valence-corrected chi connectivity index (χ1v) is 5.38. The fourth-order valence-electron chi connectivity index (χ4n) is 2.40. The first-order valence-electron chi connectivity index (χ1n) is 5.38. The molecule has 2 atom stereocenters. The standard InChI is InChI=1S/C11H23NO/c1-9(2)8-12(3)10-6-5-7-11(10)13-4/h9-11H,5-8H2,1-4H3. The summed E-state index contributed by atoms with van der Waals surface area (Å²) in [6, 6.07) is 0.660. The number of rotatable bonds is 4. The second-order valence-electron chi connectivity index (χ2n) is 4.61. The fraction of sp³-hybridized carbons (Fsp3) is 1.00. The van der Waals surface area contributed by atoms with Crippen LogP contribution in [0, 0.1) is 5.92 Å². The second-order valence-corrected chi connectivity index (χ2v) is 4.61. The summed E-state index contributed by atoms with van der Waals surface area (Å²) >= 11 is 0. The quantitative estimate of drug-likeness (QED) is 0.665. The van der Waals surface area contributed by atoms with Crippen LogP contribution in [-0.2, 0) is 4.74 Å². The van der Waals surface area contributed by atoms with Gasteiger partial charge >= 0.3 is 0 Å². The van der Waals surface area contributed by atoms with Gasteiger partial charge in [-0.3, -0.25) is 0 Å². The molecular weight excluding hydrogens is 162 g/mol. The van der Waals surface area contributed by atoms with E-state index in [9.17, 15) is 0 Å². The van der Waals surface area contributed by atoms with Crippen molar-refractivity contribution in [2.24, 2.45) is 5.92 Å². The molecule has 0 radical (unpaired) electrons. The van der Waals surface area contributed by atoms with Crippen molar-refractivity contribution in [2.75, 3.05) is 20.7 Å². The maximum atomic E-state index is 5.48. The van der Waals surface area contributed by atoms with E-state index in [0.29, 0.717) is 12.1 Å². The van der Waals surface area contributed by atoms with Crippen LogP contribution < -0.4 is 0 Å². The van der Waals surface area contributed by atoms with Crippen LogP contribution in [0.5, 0.6) is 0 Å². The third kappa shape index (κ3) is 2.96. The minimum Gasteiger partial charge on any atom is -0.380 e. The smallest absolute Gasteiger partial charge is 0.0726 e. The zero-order valence-electron chi connectivity index (χ0n) is 9.42.